The second-order valence-electron chi connectivity index (χ2n) is 3.79. The minimum atomic E-state index is 0.500. The summed E-state index contributed by atoms with van der Waals surface area (Å²) in [5.74, 6) is 0. The van der Waals surface area contributed by atoms with Crippen molar-refractivity contribution in [3.63, 3.8) is 0 Å². The first-order chi connectivity index (χ1) is 4.83. The first-order valence-electron chi connectivity index (χ1n) is 4.30. The van der Waals surface area contributed by atoms with E-state index in [0.29, 0.717) is 11.5 Å². The van der Waals surface area contributed by atoms with Gasteiger partial charge in [0.15, 0.2) is 0 Å². The van der Waals surface area contributed by atoms with Gasteiger partial charge in [-0.3, -0.25) is 0 Å². The number of hydrogen-bond donors (Lipinski definition) is 2. The van der Waals surface area contributed by atoms with Gasteiger partial charge in [-0.25, -0.2) is 0 Å². The fourth-order valence-corrected chi connectivity index (χ4v) is 2.24. The van der Waals surface area contributed by atoms with Gasteiger partial charge in [0.1, 0.15) is 0 Å². The molecule has 1 spiro atoms. The van der Waals surface area contributed by atoms with E-state index in [4.69, 9.17) is 5.73 Å². The number of nitrogens with one attached hydrogen (secondary N) is 1. The first kappa shape index (κ1) is 6.62. The van der Waals surface area contributed by atoms with Gasteiger partial charge in [-0.1, -0.05) is 0 Å². The van der Waals surface area contributed by atoms with Gasteiger partial charge in [-0.15, -0.1) is 0 Å². The molecular formula is C8H16N2. The van der Waals surface area contributed by atoms with Crippen LogP contribution in [0.4, 0.5) is 0 Å². The highest BCUT2D eigenvalue weighted by Gasteiger charge is 2.44. The van der Waals surface area contributed by atoms with Crippen LogP contribution in [-0.2, 0) is 0 Å². The molecular weight excluding hydrogens is 124 g/mol. The van der Waals surface area contributed by atoms with E-state index < -0.39 is 0 Å². The van der Waals surface area contributed by atoms with Gasteiger partial charge in [-0.05, 0) is 37.6 Å². The van der Waals surface area contributed by atoms with Crippen LogP contribution in [0.2, 0.25) is 0 Å². The van der Waals surface area contributed by atoms with Crippen molar-refractivity contribution in [3.8, 4) is 0 Å². The predicted octanol–water partition coefficient (Wildman–Crippen LogP) is 0.477. The summed E-state index contributed by atoms with van der Waals surface area (Å²) < 4.78 is 0. The van der Waals surface area contributed by atoms with E-state index in [-0.39, 0.29) is 0 Å². The van der Waals surface area contributed by atoms with E-state index in [1.807, 2.05) is 0 Å². The van der Waals surface area contributed by atoms with Gasteiger partial charge >= 0.3 is 0 Å². The summed E-state index contributed by atoms with van der Waals surface area (Å²) in [6, 6.07) is 0.500. The van der Waals surface area contributed by atoms with E-state index in [1.165, 1.54) is 38.8 Å². The minimum absolute atomic E-state index is 0.500. The lowest BCUT2D eigenvalue weighted by atomic mass is 9.61. The number of nitrogens with two attached hydrogens (primary N) is 1. The second kappa shape index (κ2) is 2.21. The summed E-state index contributed by atoms with van der Waals surface area (Å²) >= 11 is 0. The molecule has 10 heavy (non-hydrogen) atoms. The van der Waals surface area contributed by atoms with Crippen LogP contribution in [0.25, 0.3) is 0 Å². The van der Waals surface area contributed by atoms with Gasteiger partial charge in [0, 0.05) is 12.6 Å². The quantitative estimate of drug-likeness (QED) is 0.513. The lowest BCUT2D eigenvalue weighted by Gasteiger charge is -2.50. The monoisotopic (exact) mass is 140 g/mol. The van der Waals surface area contributed by atoms with E-state index >= 15 is 0 Å². The summed E-state index contributed by atoms with van der Waals surface area (Å²) in [5, 5.41) is 3.43. The maximum Gasteiger partial charge on any atom is 0.0108 e. The zero-order valence-corrected chi connectivity index (χ0v) is 6.40. The molecule has 0 aromatic rings. The fraction of sp³-hybridized carbons (Fsp3) is 1.00. The van der Waals surface area contributed by atoms with Crippen LogP contribution in [0, 0.1) is 5.41 Å². The zero-order valence-electron chi connectivity index (χ0n) is 6.40. The molecule has 2 aliphatic rings. The van der Waals surface area contributed by atoms with E-state index in [1.54, 1.807) is 0 Å². The second-order valence-corrected chi connectivity index (χ2v) is 3.79. The number of hydrogen-bond acceptors (Lipinski definition) is 2. The van der Waals surface area contributed by atoms with Crippen LogP contribution in [0.3, 0.4) is 0 Å². The molecule has 0 radical (unpaired) electrons. The van der Waals surface area contributed by atoms with E-state index in [2.05, 4.69) is 5.32 Å². The van der Waals surface area contributed by atoms with Gasteiger partial charge in [-0.2, -0.15) is 0 Å². The van der Waals surface area contributed by atoms with Gasteiger partial charge in [0.2, 0.25) is 0 Å². The Morgan fingerprint density at radius 2 is 2.30 bits per heavy atom. The molecule has 0 aromatic heterocycles. The van der Waals surface area contributed by atoms with Crippen LogP contribution in [0.15, 0.2) is 0 Å². The molecule has 2 rings (SSSR count). The summed E-state index contributed by atoms with van der Waals surface area (Å²) in [6.07, 6.45) is 5.30. The standard InChI is InChI=1S/C8H16N2/c9-7-2-4-8(7)3-1-5-10-6-8/h7,10H,1-6,9H2/t7-,8+/m1/s1. The van der Waals surface area contributed by atoms with E-state index in [9.17, 15) is 0 Å². The molecule has 2 nitrogen and oxygen atoms in total. The Labute approximate surface area is 62.2 Å². The molecule has 0 aromatic carbocycles. The normalized spacial score (nSPS) is 47.1. The molecule has 2 heteroatoms. The molecule has 1 saturated heterocycles. The van der Waals surface area contributed by atoms with Crippen LogP contribution in [0.5, 0.6) is 0 Å². The molecule has 0 bridgehead atoms. The molecule has 1 heterocycles. The third kappa shape index (κ3) is 0.789. The van der Waals surface area contributed by atoms with Crippen LogP contribution in [-0.4, -0.2) is 19.1 Å². The van der Waals surface area contributed by atoms with Crippen LogP contribution in [0.1, 0.15) is 25.7 Å². The van der Waals surface area contributed by atoms with Crippen molar-refractivity contribution >= 4 is 0 Å². The van der Waals surface area contributed by atoms with Crippen molar-refractivity contribution in [2.45, 2.75) is 31.7 Å². The Morgan fingerprint density at radius 3 is 2.60 bits per heavy atom. The average molecular weight is 140 g/mol. The smallest absolute Gasteiger partial charge is 0.0108 e. The minimum Gasteiger partial charge on any atom is -0.327 e. The van der Waals surface area contributed by atoms with Crippen molar-refractivity contribution in [2.75, 3.05) is 13.1 Å². The Balaban J connectivity index is 1.99. The maximum atomic E-state index is 5.95. The molecule has 1 aliphatic heterocycles. The van der Waals surface area contributed by atoms with Crippen molar-refractivity contribution in [3.05, 3.63) is 0 Å². The van der Waals surface area contributed by atoms with Gasteiger partial charge in [0.05, 0.1) is 0 Å². The Kier molecular flexibility index (Phi) is 1.46. The molecule has 1 aliphatic carbocycles. The fourth-order valence-electron chi connectivity index (χ4n) is 2.24. The van der Waals surface area contributed by atoms with Crippen LogP contribution >= 0.6 is 0 Å². The van der Waals surface area contributed by atoms with Gasteiger partial charge in [0.25, 0.3) is 0 Å². The zero-order chi connectivity index (χ0) is 7.03. The van der Waals surface area contributed by atoms with Gasteiger partial charge < -0.3 is 11.1 Å². The predicted molar refractivity (Wildman–Crippen MR) is 41.7 cm³/mol. The number of rotatable bonds is 0. The summed E-state index contributed by atoms with van der Waals surface area (Å²) in [5.41, 5.74) is 6.47. The average Bonchev–Trinajstić information content (AvgIpc) is 2.04. The summed E-state index contributed by atoms with van der Waals surface area (Å²) in [4.78, 5) is 0. The highest BCUT2D eigenvalue weighted by molar-refractivity contribution is 5.01. The van der Waals surface area contributed by atoms with Crippen molar-refractivity contribution < 1.29 is 0 Å². The van der Waals surface area contributed by atoms with Crippen molar-refractivity contribution in [1.29, 1.82) is 0 Å². The third-order valence-corrected chi connectivity index (χ3v) is 3.25. The highest BCUT2D eigenvalue weighted by Crippen LogP contribution is 2.44. The van der Waals surface area contributed by atoms with E-state index in [0.717, 1.165) is 0 Å². The molecule has 2 fully saturated rings. The molecule has 0 amide bonds. The maximum absolute atomic E-state index is 5.95. The topological polar surface area (TPSA) is 38.0 Å². The van der Waals surface area contributed by atoms with Crippen molar-refractivity contribution in [2.24, 2.45) is 11.1 Å². The third-order valence-electron chi connectivity index (χ3n) is 3.25. The lowest BCUT2D eigenvalue weighted by molar-refractivity contribution is 0.0605. The molecule has 2 atom stereocenters. The molecule has 1 saturated carbocycles. The summed E-state index contributed by atoms with van der Waals surface area (Å²) in [7, 11) is 0. The highest BCUT2D eigenvalue weighted by atomic mass is 14.9. The summed E-state index contributed by atoms with van der Waals surface area (Å²) in [6.45, 7) is 2.38. The Morgan fingerprint density at radius 1 is 1.40 bits per heavy atom. The molecule has 58 valence electrons. The molecule has 0 unspecified atom stereocenters. The molecule has 3 N–H and O–H groups in total. The number of piperidine rings is 1. The first-order valence-corrected chi connectivity index (χ1v) is 4.30. The Bertz CT molecular complexity index is 127. The van der Waals surface area contributed by atoms with Crippen molar-refractivity contribution in [1.82, 2.24) is 5.32 Å². The largest absolute Gasteiger partial charge is 0.327 e. The Hall–Kier alpha value is -0.0800. The lowest BCUT2D eigenvalue weighted by Crippen LogP contribution is -2.58. The van der Waals surface area contributed by atoms with Crippen LogP contribution < -0.4 is 11.1 Å². The SMILES string of the molecule is N[C@@H]1CC[C@]12CCCNC2.